The van der Waals surface area contributed by atoms with Gasteiger partial charge < -0.3 is 29.5 Å². The van der Waals surface area contributed by atoms with Gasteiger partial charge in [0.15, 0.2) is 23.1 Å². The van der Waals surface area contributed by atoms with Crippen molar-refractivity contribution in [3.63, 3.8) is 0 Å². The van der Waals surface area contributed by atoms with Gasteiger partial charge in [0.1, 0.15) is 0 Å². The number of fused-ring (bicyclic) bond motifs is 1. The maximum Gasteiger partial charge on any atom is 0.321 e. The molecular formula is C20H24N6O3. The molecule has 0 aliphatic carbocycles. The number of rotatable bonds is 3. The van der Waals surface area contributed by atoms with Crippen LogP contribution in [0.2, 0.25) is 0 Å². The largest absolute Gasteiger partial charge is 0.454 e. The highest BCUT2D eigenvalue weighted by Gasteiger charge is 2.23. The van der Waals surface area contributed by atoms with E-state index in [0.717, 1.165) is 37.8 Å². The molecule has 2 saturated heterocycles. The molecule has 9 nitrogen and oxygen atoms in total. The van der Waals surface area contributed by atoms with Crippen LogP contribution < -0.4 is 24.6 Å². The monoisotopic (exact) mass is 396 g/mol. The van der Waals surface area contributed by atoms with E-state index in [1.807, 2.05) is 23.1 Å². The number of carbonyl (C=O) groups excluding carboxylic acids is 1. The number of amides is 2. The lowest BCUT2D eigenvalue weighted by Gasteiger charge is -2.35. The highest BCUT2D eigenvalue weighted by atomic mass is 16.7. The molecule has 3 aliphatic rings. The van der Waals surface area contributed by atoms with E-state index in [2.05, 4.69) is 25.3 Å². The molecule has 0 unspecified atom stereocenters. The average molecular weight is 396 g/mol. The Morgan fingerprint density at radius 2 is 1.48 bits per heavy atom. The molecule has 0 spiro atoms. The summed E-state index contributed by atoms with van der Waals surface area (Å²) in [7, 11) is 0. The Bertz CT molecular complexity index is 876. The van der Waals surface area contributed by atoms with Crippen molar-refractivity contribution in [3.8, 4) is 11.5 Å². The number of nitrogens with zero attached hydrogens (tertiary/aromatic N) is 5. The van der Waals surface area contributed by atoms with Crippen molar-refractivity contribution < 1.29 is 14.3 Å². The molecule has 4 heterocycles. The summed E-state index contributed by atoms with van der Waals surface area (Å²) in [6, 6.07) is 9.38. The zero-order valence-electron chi connectivity index (χ0n) is 16.2. The Hall–Kier alpha value is -3.23. The molecule has 3 aliphatic heterocycles. The quantitative estimate of drug-likeness (QED) is 0.851. The van der Waals surface area contributed by atoms with Crippen LogP contribution in [-0.4, -0.2) is 67.2 Å². The molecule has 1 aromatic heterocycles. The minimum Gasteiger partial charge on any atom is -0.454 e. The summed E-state index contributed by atoms with van der Waals surface area (Å²) in [5.74, 6) is 3.17. The van der Waals surface area contributed by atoms with Gasteiger partial charge in [-0.2, -0.15) is 0 Å². The lowest BCUT2D eigenvalue weighted by molar-refractivity contribution is 0.174. The first-order valence-corrected chi connectivity index (χ1v) is 10.1. The smallest absolute Gasteiger partial charge is 0.321 e. The van der Waals surface area contributed by atoms with E-state index in [0.29, 0.717) is 30.3 Å². The third kappa shape index (κ3) is 3.72. The Balaban J connectivity index is 1.15. The predicted octanol–water partition coefficient (Wildman–Crippen LogP) is 2.16. The minimum absolute atomic E-state index is 0.112. The van der Waals surface area contributed by atoms with E-state index in [-0.39, 0.29) is 12.8 Å². The minimum atomic E-state index is -0.112. The summed E-state index contributed by atoms with van der Waals surface area (Å²) < 4.78 is 10.7. The van der Waals surface area contributed by atoms with Crippen molar-refractivity contribution in [2.24, 2.45) is 0 Å². The van der Waals surface area contributed by atoms with Gasteiger partial charge in [0, 0.05) is 51.0 Å². The van der Waals surface area contributed by atoms with Crippen molar-refractivity contribution in [1.29, 1.82) is 0 Å². The normalized spacial score (nSPS) is 18.3. The summed E-state index contributed by atoms with van der Waals surface area (Å²) in [5.41, 5.74) is 0.699. The Morgan fingerprint density at radius 1 is 0.828 bits per heavy atom. The fraction of sp³-hybridized carbons (Fsp3) is 0.450. The molecule has 5 rings (SSSR count). The van der Waals surface area contributed by atoms with Gasteiger partial charge in [0.05, 0.1) is 0 Å². The van der Waals surface area contributed by atoms with Gasteiger partial charge >= 0.3 is 6.03 Å². The molecule has 0 radical (unpaired) electrons. The topological polar surface area (TPSA) is 83.1 Å². The lowest BCUT2D eigenvalue weighted by Crippen LogP contribution is -2.50. The molecule has 0 saturated carbocycles. The summed E-state index contributed by atoms with van der Waals surface area (Å²) in [6.07, 6.45) is 2.44. The van der Waals surface area contributed by atoms with Gasteiger partial charge in [-0.15, -0.1) is 10.2 Å². The molecule has 0 atom stereocenters. The average Bonchev–Trinajstić information content (AvgIpc) is 3.46. The van der Waals surface area contributed by atoms with Gasteiger partial charge in [-0.05, 0) is 37.1 Å². The van der Waals surface area contributed by atoms with Crippen LogP contribution in [-0.2, 0) is 0 Å². The molecule has 2 aromatic rings. The van der Waals surface area contributed by atoms with Gasteiger partial charge in [0.25, 0.3) is 0 Å². The molecule has 152 valence electrons. The first kappa shape index (κ1) is 17.8. The molecular weight excluding hydrogens is 372 g/mol. The molecule has 1 aromatic carbocycles. The second-order valence-corrected chi connectivity index (χ2v) is 7.42. The van der Waals surface area contributed by atoms with E-state index in [4.69, 9.17) is 9.47 Å². The zero-order valence-corrected chi connectivity index (χ0v) is 16.2. The fourth-order valence-electron chi connectivity index (χ4n) is 3.92. The summed E-state index contributed by atoms with van der Waals surface area (Å²) in [4.78, 5) is 18.9. The van der Waals surface area contributed by atoms with Gasteiger partial charge in [-0.3, -0.25) is 0 Å². The molecule has 2 amide bonds. The SMILES string of the molecule is O=C(Nc1ccc2c(c1)OCO2)N1CCN(c2ccc(N3CCCC3)nn2)CC1. The Kier molecular flexibility index (Phi) is 4.71. The number of nitrogens with one attached hydrogen (secondary N) is 1. The summed E-state index contributed by atoms with van der Waals surface area (Å²) in [5, 5.41) is 11.7. The van der Waals surface area contributed by atoms with E-state index in [1.54, 1.807) is 12.1 Å². The molecule has 0 bridgehead atoms. The Morgan fingerprint density at radius 3 is 2.17 bits per heavy atom. The maximum atomic E-state index is 12.6. The van der Waals surface area contributed by atoms with E-state index < -0.39 is 0 Å². The van der Waals surface area contributed by atoms with Crippen LogP contribution >= 0.6 is 0 Å². The van der Waals surface area contributed by atoms with E-state index in [1.165, 1.54) is 12.8 Å². The van der Waals surface area contributed by atoms with Gasteiger partial charge in [0.2, 0.25) is 6.79 Å². The number of ether oxygens (including phenoxy) is 2. The van der Waals surface area contributed by atoms with Crippen LogP contribution in [0.5, 0.6) is 11.5 Å². The highest BCUT2D eigenvalue weighted by Crippen LogP contribution is 2.34. The number of piperazine rings is 1. The summed E-state index contributed by atoms with van der Waals surface area (Å²) in [6.45, 7) is 5.06. The van der Waals surface area contributed by atoms with Crippen molar-refractivity contribution in [2.75, 3.05) is 61.2 Å². The van der Waals surface area contributed by atoms with E-state index >= 15 is 0 Å². The molecule has 9 heteroatoms. The second kappa shape index (κ2) is 7.65. The fourth-order valence-corrected chi connectivity index (χ4v) is 3.92. The number of hydrogen-bond donors (Lipinski definition) is 1. The first-order chi connectivity index (χ1) is 14.3. The van der Waals surface area contributed by atoms with Crippen molar-refractivity contribution >= 4 is 23.4 Å². The third-order valence-corrected chi connectivity index (χ3v) is 5.58. The highest BCUT2D eigenvalue weighted by molar-refractivity contribution is 5.90. The number of urea groups is 1. The van der Waals surface area contributed by atoms with Crippen molar-refractivity contribution in [3.05, 3.63) is 30.3 Å². The third-order valence-electron chi connectivity index (χ3n) is 5.58. The van der Waals surface area contributed by atoms with Crippen molar-refractivity contribution in [1.82, 2.24) is 15.1 Å². The van der Waals surface area contributed by atoms with Crippen LogP contribution in [0.25, 0.3) is 0 Å². The number of carbonyl (C=O) groups is 1. The maximum absolute atomic E-state index is 12.6. The van der Waals surface area contributed by atoms with Crippen LogP contribution in [0.15, 0.2) is 30.3 Å². The first-order valence-electron chi connectivity index (χ1n) is 10.1. The number of aromatic nitrogens is 2. The van der Waals surface area contributed by atoms with Crippen LogP contribution in [0.3, 0.4) is 0 Å². The number of anilines is 3. The second-order valence-electron chi connectivity index (χ2n) is 7.42. The number of benzene rings is 1. The van der Waals surface area contributed by atoms with Crippen LogP contribution in [0.1, 0.15) is 12.8 Å². The predicted molar refractivity (Wildman–Crippen MR) is 109 cm³/mol. The lowest BCUT2D eigenvalue weighted by atomic mass is 10.2. The van der Waals surface area contributed by atoms with Gasteiger partial charge in [-0.25, -0.2) is 4.79 Å². The molecule has 1 N–H and O–H groups in total. The standard InChI is InChI=1S/C20H24N6O3/c27-20(21-15-3-4-16-17(13-15)29-14-28-16)26-11-9-25(10-12-26)19-6-5-18(22-23-19)24-7-1-2-8-24/h3-6,13H,1-2,7-12,14H2,(H,21,27). The van der Waals surface area contributed by atoms with Gasteiger partial charge in [-0.1, -0.05) is 0 Å². The van der Waals surface area contributed by atoms with E-state index in [9.17, 15) is 4.79 Å². The van der Waals surface area contributed by atoms with Crippen LogP contribution in [0.4, 0.5) is 22.1 Å². The number of hydrogen-bond acceptors (Lipinski definition) is 7. The molecule has 2 fully saturated rings. The zero-order chi connectivity index (χ0) is 19.6. The van der Waals surface area contributed by atoms with Crippen molar-refractivity contribution in [2.45, 2.75) is 12.8 Å². The molecule has 29 heavy (non-hydrogen) atoms. The Labute approximate surface area is 169 Å². The summed E-state index contributed by atoms with van der Waals surface area (Å²) >= 11 is 0. The van der Waals surface area contributed by atoms with Crippen LogP contribution in [0, 0.1) is 0 Å².